The van der Waals surface area contributed by atoms with Crippen molar-refractivity contribution in [1.82, 2.24) is 23.2 Å². The number of hydrogen-bond donors (Lipinski definition) is 0. The molecule has 0 spiro atoms. The summed E-state index contributed by atoms with van der Waals surface area (Å²) < 4.78 is 30.6. The van der Waals surface area contributed by atoms with Crippen LogP contribution in [0.25, 0.3) is 5.65 Å². The van der Waals surface area contributed by atoms with Crippen molar-refractivity contribution < 1.29 is 8.42 Å². The first-order valence-electron chi connectivity index (χ1n) is 7.66. The molecule has 0 amide bonds. The Balaban J connectivity index is 2.00. The second-order valence-electron chi connectivity index (χ2n) is 5.35. The summed E-state index contributed by atoms with van der Waals surface area (Å²) in [5.74, 6) is 0.698. The van der Waals surface area contributed by atoms with Crippen LogP contribution in [0.4, 0.5) is 0 Å². The average molecular weight is 323 g/mol. The lowest BCUT2D eigenvalue weighted by Gasteiger charge is -2.28. The minimum atomic E-state index is -3.46. The molecule has 1 aliphatic heterocycles. The Hall–Kier alpha value is -1.51. The van der Waals surface area contributed by atoms with Crippen LogP contribution in [0.3, 0.4) is 0 Å². The quantitative estimate of drug-likeness (QED) is 0.835. The highest BCUT2D eigenvalue weighted by Gasteiger charge is 2.40. The number of nitrogens with zero attached hydrogens (tertiary/aromatic N) is 5. The van der Waals surface area contributed by atoms with Crippen LogP contribution in [0, 0.1) is 0 Å². The normalized spacial score (nSPS) is 20.2. The van der Waals surface area contributed by atoms with E-state index in [0.29, 0.717) is 25.5 Å². The standard InChI is InChI=1S/C14H21N5O2S/c1-3-17(4-2)22(20,21)19-11-7-8-12(19)14-16-15-13-9-5-6-10-18(13)14/h5-6,9-10,12H,3-4,7-8,11H2,1-2H3/t12-/m0/s1. The topological polar surface area (TPSA) is 70.8 Å². The summed E-state index contributed by atoms with van der Waals surface area (Å²) in [7, 11) is -3.46. The van der Waals surface area contributed by atoms with E-state index < -0.39 is 10.2 Å². The van der Waals surface area contributed by atoms with Crippen LogP contribution in [-0.2, 0) is 10.2 Å². The third-order valence-electron chi connectivity index (χ3n) is 4.17. The van der Waals surface area contributed by atoms with Crippen LogP contribution < -0.4 is 0 Å². The Morgan fingerprint density at radius 1 is 1.27 bits per heavy atom. The molecule has 2 aromatic heterocycles. The molecule has 0 bridgehead atoms. The molecule has 1 saturated heterocycles. The number of pyridine rings is 1. The molecule has 1 fully saturated rings. The van der Waals surface area contributed by atoms with Crippen molar-refractivity contribution in [1.29, 1.82) is 0 Å². The molecule has 3 heterocycles. The van der Waals surface area contributed by atoms with Gasteiger partial charge in [-0.3, -0.25) is 4.40 Å². The van der Waals surface area contributed by atoms with Gasteiger partial charge in [0.1, 0.15) is 0 Å². The Kier molecular flexibility index (Phi) is 4.16. The molecule has 0 aromatic carbocycles. The highest BCUT2D eigenvalue weighted by atomic mass is 32.2. The second-order valence-corrected chi connectivity index (χ2v) is 7.23. The van der Waals surface area contributed by atoms with Crippen molar-refractivity contribution in [3.8, 4) is 0 Å². The third-order valence-corrected chi connectivity index (χ3v) is 6.37. The van der Waals surface area contributed by atoms with Gasteiger partial charge in [0.05, 0.1) is 6.04 Å². The molecule has 3 rings (SSSR count). The number of rotatable bonds is 5. The molecule has 2 aromatic rings. The van der Waals surface area contributed by atoms with Crippen LogP contribution >= 0.6 is 0 Å². The summed E-state index contributed by atoms with van der Waals surface area (Å²) in [6.07, 6.45) is 3.49. The van der Waals surface area contributed by atoms with E-state index in [1.54, 1.807) is 4.31 Å². The Morgan fingerprint density at radius 2 is 2.05 bits per heavy atom. The Bertz CT molecular complexity index is 753. The molecule has 0 unspecified atom stereocenters. The molecule has 0 aliphatic carbocycles. The lowest BCUT2D eigenvalue weighted by atomic mass is 10.2. The summed E-state index contributed by atoms with van der Waals surface area (Å²) >= 11 is 0. The van der Waals surface area contributed by atoms with Gasteiger partial charge in [-0.2, -0.15) is 17.0 Å². The number of hydrogen-bond acceptors (Lipinski definition) is 4. The lowest BCUT2D eigenvalue weighted by molar-refractivity contribution is 0.330. The summed E-state index contributed by atoms with van der Waals surface area (Å²) in [6, 6.07) is 5.42. The fourth-order valence-corrected chi connectivity index (χ4v) is 4.89. The second kappa shape index (κ2) is 5.94. The van der Waals surface area contributed by atoms with Crippen LogP contribution in [0.1, 0.15) is 38.6 Å². The van der Waals surface area contributed by atoms with E-state index in [0.717, 1.165) is 18.5 Å². The van der Waals surface area contributed by atoms with Gasteiger partial charge in [-0.25, -0.2) is 0 Å². The summed E-state index contributed by atoms with van der Waals surface area (Å²) in [4.78, 5) is 0. The molecule has 120 valence electrons. The highest BCUT2D eigenvalue weighted by molar-refractivity contribution is 7.86. The smallest absolute Gasteiger partial charge is 0.282 e. The maximum atomic E-state index is 12.8. The molecule has 1 atom stereocenters. The molecular weight excluding hydrogens is 302 g/mol. The summed E-state index contributed by atoms with van der Waals surface area (Å²) in [6.45, 7) is 5.20. The van der Waals surface area contributed by atoms with Gasteiger partial charge >= 0.3 is 0 Å². The van der Waals surface area contributed by atoms with E-state index in [4.69, 9.17) is 0 Å². The predicted octanol–water partition coefficient (Wildman–Crippen LogP) is 1.45. The average Bonchev–Trinajstić information content (AvgIpc) is 3.14. The van der Waals surface area contributed by atoms with E-state index >= 15 is 0 Å². The summed E-state index contributed by atoms with van der Waals surface area (Å²) in [5.41, 5.74) is 0.740. The molecular formula is C14H21N5O2S. The largest absolute Gasteiger partial charge is 0.285 e. The van der Waals surface area contributed by atoms with Crippen LogP contribution in [0.5, 0.6) is 0 Å². The molecule has 0 radical (unpaired) electrons. The van der Waals surface area contributed by atoms with Gasteiger partial charge in [0.25, 0.3) is 10.2 Å². The third kappa shape index (κ3) is 2.41. The first-order chi connectivity index (χ1) is 10.6. The Morgan fingerprint density at radius 3 is 2.77 bits per heavy atom. The zero-order valence-corrected chi connectivity index (χ0v) is 13.7. The van der Waals surface area contributed by atoms with Gasteiger partial charge in [-0.05, 0) is 25.0 Å². The van der Waals surface area contributed by atoms with Gasteiger partial charge in [0.2, 0.25) is 0 Å². The van der Waals surface area contributed by atoms with Crippen LogP contribution in [0.15, 0.2) is 24.4 Å². The van der Waals surface area contributed by atoms with Crippen molar-refractivity contribution in [2.45, 2.75) is 32.7 Å². The van der Waals surface area contributed by atoms with Gasteiger partial charge < -0.3 is 0 Å². The number of aromatic nitrogens is 3. The predicted molar refractivity (Wildman–Crippen MR) is 83.5 cm³/mol. The number of fused-ring (bicyclic) bond motifs is 1. The molecule has 1 aliphatic rings. The lowest BCUT2D eigenvalue weighted by Crippen LogP contribution is -2.43. The Labute approximate surface area is 130 Å². The van der Waals surface area contributed by atoms with Gasteiger partial charge in [0, 0.05) is 25.8 Å². The van der Waals surface area contributed by atoms with Crippen LogP contribution in [0.2, 0.25) is 0 Å². The van der Waals surface area contributed by atoms with Crippen molar-refractivity contribution in [2.75, 3.05) is 19.6 Å². The summed E-state index contributed by atoms with van der Waals surface area (Å²) in [5, 5.41) is 8.38. The molecule has 7 nitrogen and oxygen atoms in total. The van der Waals surface area contributed by atoms with E-state index in [2.05, 4.69) is 10.2 Å². The van der Waals surface area contributed by atoms with E-state index in [9.17, 15) is 8.42 Å². The fourth-order valence-electron chi connectivity index (χ4n) is 3.06. The van der Waals surface area contributed by atoms with Gasteiger partial charge in [0.15, 0.2) is 11.5 Å². The molecule has 8 heteroatoms. The monoisotopic (exact) mass is 323 g/mol. The van der Waals surface area contributed by atoms with E-state index in [-0.39, 0.29) is 6.04 Å². The van der Waals surface area contributed by atoms with Crippen LogP contribution in [-0.4, -0.2) is 51.3 Å². The van der Waals surface area contributed by atoms with Crippen molar-refractivity contribution >= 4 is 15.9 Å². The zero-order valence-electron chi connectivity index (χ0n) is 12.9. The molecule has 22 heavy (non-hydrogen) atoms. The van der Waals surface area contributed by atoms with Gasteiger partial charge in [-0.1, -0.05) is 19.9 Å². The maximum Gasteiger partial charge on any atom is 0.282 e. The first-order valence-corrected chi connectivity index (χ1v) is 9.05. The van der Waals surface area contributed by atoms with Crippen molar-refractivity contribution in [3.05, 3.63) is 30.2 Å². The first kappa shape index (κ1) is 15.4. The fraction of sp³-hybridized carbons (Fsp3) is 0.571. The SMILES string of the molecule is CCN(CC)S(=O)(=O)N1CCC[C@H]1c1nnc2ccccn12. The van der Waals surface area contributed by atoms with Crippen molar-refractivity contribution in [3.63, 3.8) is 0 Å². The zero-order chi connectivity index (χ0) is 15.7. The van der Waals surface area contributed by atoms with Gasteiger partial charge in [-0.15, -0.1) is 10.2 Å². The van der Waals surface area contributed by atoms with E-state index in [1.807, 2.05) is 42.6 Å². The minimum Gasteiger partial charge on any atom is -0.285 e. The minimum absolute atomic E-state index is 0.247. The van der Waals surface area contributed by atoms with E-state index in [1.165, 1.54) is 4.31 Å². The molecule has 0 N–H and O–H groups in total. The highest BCUT2D eigenvalue weighted by Crippen LogP contribution is 2.34. The van der Waals surface area contributed by atoms with Crippen molar-refractivity contribution in [2.24, 2.45) is 0 Å². The molecule has 0 saturated carbocycles. The maximum absolute atomic E-state index is 12.8.